The van der Waals surface area contributed by atoms with Crippen LogP contribution >= 0.6 is 24.0 Å². The van der Waals surface area contributed by atoms with E-state index in [-0.39, 0.29) is 11.9 Å². The van der Waals surface area contributed by atoms with Crippen molar-refractivity contribution in [3.05, 3.63) is 100.0 Å². The van der Waals surface area contributed by atoms with Gasteiger partial charge in [0.15, 0.2) is 11.5 Å². The van der Waals surface area contributed by atoms with Crippen molar-refractivity contribution in [2.75, 3.05) is 7.11 Å². The molecule has 3 aromatic rings. The molecule has 1 fully saturated rings. The molecule has 0 radical (unpaired) electrons. The summed E-state index contributed by atoms with van der Waals surface area (Å²) < 4.78 is 11.5. The van der Waals surface area contributed by atoms with E-state index < -0.39 is 5.97 Å². The standard InChI is InChI=1S/C27H23NO4S2/c1-17-9-12-21(13-10-17)26(30)32-22-14-11-19(15-23(22)31-3)16-24-25(29)28(27(33)34-24)18(2)20-7-5-4-6-8-20/h4-16,18H,1-3H3/b24-16-/t18-/m1/s1. The average molecular weight is 490 g/mol. The van der Waals surface area contributed by atoms with Crippen LogP contribution in [0.4, 0.5) is 0 Å². The largest absolute Gasteiger partial charge is 0.493 e. The second-order valence-electron chi connectivity index (χ2n) is 7.80. The van der Waals surface area contributed by atoms with E-state index in [1.807, 2.05) is 56.3 Å². The highest BCUT2D eigenvalue weighted by Gasteiger charge is 2.35. The first-order valence-electron chi connectivity index (χ1n) is 10.7. The first kappa shape index (κ1) is 23.7. The quantitative estimate of drug-likeness (QED) is 0.178. The summed E-state index contributed by atoms with van der Waals surface area (Å²) >= 11 is 6.77. The summed E-state index contributed by atoms with van der Waals surface area (Å²) in [6.07, 6.45) is 1.77. The van der Waals surface area contributed by atoms with Crippen molar-refractivity contribution in [2.24, 2.45) is 0 Å². The number of carbonyl (C=O) groups excluding carboxylic acids is 2. The summed E-state index contributed by atoms with van der Waals surface area (Å²) in [7, 11) is 1.50. The molecule has 4 rings (SSSR count). The third-order valence-electron chi connectivity index (χ3n) is 5.47. The van der Waals surface area contributed by atoms with E-state index >= 15 is 0 Å². The van der Waals surface area contributed by atoms with Gasteiger partial charge in [0, 0.05) is 0 Å². The zero-order chi connectivity index (χ0) is 24.2. The molecule has 7 heteroatoms. The molecule has 1 amide bonds. The van der Waals surface area contributed by atoms with Crippen LogP contribution in [0.3, 0.4) is 0 Å². The molecule has 1 atom stereocenters. The summed E-state index contributed by atoms with van der Waals surface area (Å²) in [4.78, 5) is 27.8. The molecule has 1 saturated heterocycles. The van der Waals surface area contributed by atoms with E-state index in [2.05, 4.69) is 0 Å². The van der Waals surface area contributed by atoms with Crippen LogP contribution in [0, 0.1) is 6.92 Å². The normalized spacial score (nSPS) is 15.5. The van der Waals surface area contributed by atoms with Gasteiger partial charge < -0.3 is 9.47 Å². The molecule has 172 valence electrons. The molecule has 0 saturated carbocycles. The number of rotatable bonds is 6. The average Bonchev–Trinajstić information content (AvgIpc) is 3.12. The second kappa shape index (κ2) is 10.2. The number of amides is 1. The van der Waals surface area contributed by atoms with E-state index in [1.165, 1.54) is 18.9 Å². The third kappa shape index (κ3) is 5.05. The van der Waals surface area contributed by atoms with Crippen LogP contribution in [0.1, 0.15) is 40.0 Å². The maximum absolute atomic E-state index is 13.1. The highest BCUT2D eigenvalue weighted by molar-refractivity contribution is 8.26. The molecule has 0 spiro atoms. The number of thiocarbonyl (C=S) groups is 1. The van der Waals surface area contributed by atoms with Crippen LogP contribution in [0.25, 0.3) is 6.08 Å². The van der Waals surface area contributed by atoms with Crippen LogP contribution < -0.4 is 9.47 Å². The maximum atomic E-state index is 13.1. The van der Waals surface area contributed by atoms with Gasteiger partial charge in [-0.1, -0.05) is 78.1 Å². The zero-order valence-electron chi connectivity index (χ0n) is 19.0. The highest BCUT2D eigenvalue weighted by Crippen LogP contribution is 2.39. The Kier molecular flexibility index (Phi) is 7.14. The highest BCUT2D eigenvalue weighted by atomic mass is 32.2. The van der Waals surface area contributed by atoms with E-state index in [0.29, 0.717) is 26.3 Å². The molecule has 1 aliphatic rings. The number of esters is 1. The van der Waals surface area contributed by atoms with Crippen molar-refractivity contribution in [1.29, 1.82) is 0 Å². The summed E-state index contributed by atoms with van der Waals surface area (Å²) in [6, 6.07) is 21.9. The summed E-state index contributed by atoms with van der Waals surface area (Å²) in [5, 5.41) is 0. The predicted octanol–water partition coefficient (Wildman–Crippen LogP) is 6.19. The monoisotopic (exact) mass is 489 g/mol. The lowest BCUT2D eigenvalue weighted by molar-refractivity contribution is -0.123. The molecule has 0 aromatic heterocycles. The Hall–Kier alpha value is -3.42. The molecule has 0 N–H and O–H groups in total. The van der Waals surface area contributed by atoms with Crippen LogP contribution in [0.2, 0.25) is 0 Å². The number of nitrogens with zero attached hydrogens (tertiary/aromatic N) is 1. The summed E-state index contributed by atoms with van der Waals surface area (Å²) in [5.74, 6) is 0.0832. The minimum absolute atomic E-state index is 0.139. The van der Waals surface area contributed by atoms with E-state index in [1.54, 1.807) is 41.3 Å². The van der Waals surface area contributed by atoms with Crippen LogP contribution in [0.15, 0.2) is 77.7 Å². The van der Waals surface area contributed by atoms with Crippen molar-refractivity contribution in [1.82, 2.24) is 4.90 Å². The number of methoxy groups -OCH3 is 1. The molecule has 1 heterocycles. The van der Waals surface area contributed by atoms with E-state index in [0.717, 1.165) is 16.7 Å². The fourth-order valence-corrected chi connectivity index (χ4v) is 4.97. The Bertz CT molecular complexity index is 1270. The van der Waals surface area contributed by atoms with E-state index in [4.69, 9.17) is 21.7 Å². The fraction of sp³-hybridized carbons (Fsp3) is 0.148. The van der Waals surface area contributed by atoms with E-state index in [9.17, 15) is 9.59 Å². The van der Waals surface area contributed by atoms with Gasteiger partial charge in [0.2, 0.25) is 0 Å². The maximum Gasteiger partial charge on any atom is 0.343 e. The zero-order valence-corrected chi connectivity index (χ0v) is 20.6. The van der Waals surface area contributed by atoms with Gasteiger partial charge in [-0.2, -0.15) is 0 Å². The minimum atomic E-state index is -0.471. The van der Waals surface area contributed by atoms with Gasteiger partial charge in [0.05, 0.1) is 23.6 Å². The lowest BCUT2D eigenvalue weighted by Crippen LogP contribution is -2.30. The lowest BCUT2D eigenvalue weighted by Gasteiger charge is -2.23. The first-order chi connectivity index (χ1) is 16.4. The third-order valence-corrected chi connectivity index (χ3v) is 6.80. The molecule has 5 nitrogen and oxygen atoms in total. The van der Waals surface area contributed by atoms with Gasteiger partial charge in [0.1, 0.15) is 4.32 Å². The number of benzene rings is 3. The molecule has 0 aliphatic carbocycles. The van der Waals surface area contributed by atoms with Crippen LogP contribution in [0.5, 0.6) is 11.5 Å². The molecule has 1 aliphatic heterocycles. The fourth-order valence-electron chi connectivity index (χ4n) is 3.55. The van der Waals surface area contributed by atoms with Crippen molar-refractivity contribution in [2.45, 2.75) is 19.9 Å². The van der Waals surface area contributed by atoms with Crippen molar-refractivity contribution >= 4 is 46.3 Å². The first-order valence-corrected chi connectivity index (χ1v) is 11.9. The Balaban J connectivity index is 1.54. The number of aryl methyl sites for hydroxylation is 1. The summed E-state index contributed by atoms with van der Waals surface area (Å²) in [6.45, 7) is 3.91. The van der Waals surface area contributed by atoms with Gasteiger partial charge in [-0.25, -0.2) is 4.79 Å². The molecule has 3 aromatic carbocycles. The topological polar surface area (TPSA) is 55.8 Å². The Labute approximate surface area is 208 Å². The predicted molar refractivity (Wildman–Crippen MR) is 139 cm³/mol. The number of hydrogen-bond donors (Lipinski definition) is 0. The Morgan fingerprint density at radius 1 is 1.03 bits per heavy atom. The molecule has 34 heavy (non-hydrogen) atoms. The lowest BCUT2D eigenvalue weighted by atomic mass is 10.1. The summed E-state index contributed by atoms with van der Waals surface area (Å²) in [5.41, 5.74) is 3.26. The van der Waals surface area contributed by atoms with Crippen LogP contribution in [-0.2, 0) is 4.79 Å². The molecular formula is C27H23NO4S2. The Morgan fingerprint density at radius 3 is 2.41 bits per heavy atom. The van der Waals surface area contributed by atoms with Gasteiger partial charge in [-0.05, 0) is 55.3 Å². The Morgan fingerprint density at radius 2 is 1.74 bits per heavy atom. The SMILES string of the molecule is COc1cc(/C=C2\SC(=S)N([C@H](C)c3ccccc3)C2=O)ccc1OC(=O)c1ccc(C)cc1. The smallest absolute Gasteiger partial charge is 0.343 e. The molecule has 0 unspecified atom stereocenters. The number of hydrogen-bond acceptors (Lipinski definition) is 6. The molecule has 0 bridgehead atoms. The van der Waals surface area contributed by atoms with Gasteiger partial charge >= 0.3 is 5.97 Å². The van der Waals surface area contributed by atoms with Gasteiger partial charge in [-0.3, -0.25) is 9.69 Å². The van der Waals surface area contributed by atoms with Crippen molar-refractivity contribution in [3.8, 4) is 11.5 Å². The minimum Gasteiger partial charge on any atom is -0.493 e. The van der Waals surface area contributed by atoms with Gasteiger partial charge in [-0.15, -0.1) is 0 Å². The number of carbonyl (C=O) groups is 2. The molecular weight excluding hydrogens is 466 g/mol. The van der Waals surface area contributed by atoms with Crippen molar-refractivity contribution < 1.29 is 19.1 Å². The van der Waals surface area contributed by atoms with Crippen molar-refractivity contribution in [3.63, 3.8) is 0 Å². The second-order valence-corrected chi connectivity index (χ2v) is 9.48. The number of ether oxygens (including phenoxy) is 2. The van der Waals surface area contributed by atoms with Crippen LogP contribution in [-0.4, -0.2) is 28.2 Å². The number of thioether (sulfide) groups is 1. The van der Waals surface area contributed by atoms with Gasteiger partial charge in [0.25, 0.3) is 5.91 Å².